The molecule has 1 aromatic carbocycles. The molecule has 0 aliphatic carbocycles. The number of rotatable bonds is 6. The van der Waals surface area contributed by atoms with Crippen LogP contribution in [0.25, 0.3) is 0 Å². The van der Waals surface area contributed by atoms with Crippen LogP contribution in [-0.2, 0) is 9.84 Å². The molecule has 0 fully saturated rings. The zero-order valence-electron chi connectivity index (χ0n) is 9.65. The summed E-state index contributed by atoms with van der Waals surface area (Å²) >= 11 is 4.85. The molecule has 0 radical (unpaired) electrons. The molecule has 0 aliphatic heterocycles. The highest BCUT2D eigenvalue weighted by Gasteiger charge is 2.10. The highest BCUT2D eigenvalue weighted by Crippen LogP contribution is 2.28. The van der Waals surface area contributed by atoms with Gasteiger partial charge in [0.2, 0.25) is 0 Å². The Hall–Kier alpha value is -0.200. The molecule has 0 spiro atoms. The largest absolute Gasteiger partial charge is 0.398 e. The van der Waals surface area contributed by atoms with Crippen molar-refractivity contribution in [3.05, 3.63) is 22.7 Å². The van der Waals surface area contributed by atoms with E-state index in [1.807, 2.05) is 25.1 Å². The van der Waals surface area contributed by atoms with Gasteiger partial charge in [0.25, 0.3) is 0 Å². The molecule has 3 nitrogen and oxygen atoms in total. The number of nitrogens with two attached hydrogens (primary N) is 1. The number of anilines is 1. The highest BCUT2D eigenvalue weighted by atomic mass is 79.9. The fraction of sp³-hybridized carbons (Fsp3) is 0.455. The quantitative estimate of drug-likeness (QED) is 0.640. The fourth-order valence-corrected chi connectivity index (χ4v) is 4.68. The van der Waals surface area contributed by atoms with E-state index in [1.165, 1.54) is 11.8 Å². The summed E-state index contributed by atoms with van der Waals surface area (Å²) in [5.74, 6) is 1.02. The second-order valence-electron chi connectivity index (χ2n) is 3.68. The van der Waals surface area contributed by atoms with Crippen LogP contribution < -0.4 is 5.73 Å². The van der Waals surface area contributed by atoms with Gasteiger partial charge in [-0.15, -0.1) is 11.8 Å². The van der Waals surface area contributed by atoms with E-state index < -0.39 is 9.84 Å². The minimum absolute atomic E-state index is 0.206. The van der Waals surface area contributed by atoms with Crippen molar-refractivity contribution in [2.45, 2.75) is 18.2 Å². The van der Waals surface area contributed by atoms with Crippen molar-refractivity contribution in [3.8, 4) is 0 Å². The van der Waals surface area contributed by atoms with E-state index in [4.69, 9.17) is 5.73 Å². The van der Waals surface area contributed by atoms with E-state index in [2.05, 4.69) is 15.9 Å². The smallest absolute Gasteiger partial charge is 0.151 e. The molecule has 1 rings (SSSR count). The summed E-state index contributed by atoms with van der Waals surface area (Å²) in [5.41, 5.74) is 6.49. The minimum Gasteiger partial charge on any atom is -0.398 e. The zero-order valence-corrected chi connectivity index (χ0v) is 12.9. The van der Waals surface area contributed by atoms with Crippen LogP contribution in [-0.4, -0.2) is 25.7 Å². The normalized spacial score (nSPS) is 11.6. The van der Waals surface area contributed by atoms with Gasteiger partial charge in [0.05, 0.1) is 5.75 Å². The zero-order chi connectivity index (χ0) is 12.9. The number of hydrogen-bond donors (Lipinski definition) is 1. The minimum atomic E-state index is -2.90. The number of benzene rings is 1. The number of hydrogen-bond acceptors (Lipinski definition) is 4. The maximum absolute atomic E-state index is 11.5. The van der Waals surface area contributed by atoms with Crippen LogP contribution in [0, 0.1) is 0 Å². The van der Waals surface area contributed by atoms with E-state index >= 15 is 0 Å². The Bertz CT molecular complexity index is 474. The van der Waals surface area contributed by atoms with Gasteiger partial charge < -0.3 is 5.73 Å². The van der Waals surface area contributed by atoms with Gasteiger partial charge >= 0.3 is 0 Å². The van der Waals surface area contributed by atoms with E-state index in [9.17, 15) is 8.42 Å². The van der Waals surface area contributed by atoms with Crippen LogP contribution in [0.15, 0.2) is 27.6 Å². The molecule has 0 saturated heterocycles. The van der Waals surface area contributed by atoms with Gasteiger partial charge in [-0.05, 0) is 24.6 Å². The van der Waals surface area contributed by atoms with Gasteiger partial charge in [-0.1, -0.05) is 22.9 Å². The Morgan fingerprint density at radius 1 is 1.35 bits per heavy atom. The number of thioether (sulfide) groups is 1. The monoisotopic (exact) mass is 337 g/mol. The Labute approximate surface area is 115 Å². The van der Waals surface area contributed by atoms with E-state index in [0.717, 1.165) is 9.37 Å². The predicted molar refractivity (Wildman–Crippen MR) is 78.2 cm³/mol. The van der Waals surface area contributed by atoms with Crippen molar-refractivity contribution in [2.24, 2.45) is 0 Å². The third kappa shape index (κ3) is 5.31. The second-order valence-corrected chi connectivity index (χ2v) is 8.04. The molecule has 2 N–H and O–H groups in total. The molecule has 0 bridgehead atoms. The lowest BCUT2D eigenvalue weighted by Crippen LogP contribution is -2.12. The second kappa shape index (κ2) is 6.66. The first kappa shape index (κ1) is 14.9. The molecule has 0 aliphatic rings. The van der Waals surface area contributed by atoms with Crippen LogP contribution in [0.3, 0.4) is 0 Å². The van der Waals surface area contributed by atoms with Crippen molar-refractivity contribution in [2.75, 3.05) is 23.0 Å². The van der Waals surface area contributed by atoms with Gasteiger partial charge in [-0.3, -0.25) is 0 Å². The van der Waals surface area contributed by atoms with Crippen molar-refractivity contribution < 1.29 is 8.42 Å². The molecule has 6 heteroatoms. The lowest BCUT2D eigenvalue weighted by molar-refractivity contribution is 0.596. The van der Waals surface area contributed by atoms with Crippen LogP contribution >= 0.6 is 27.7 Å². The molecule has 0 amide bonds. The van der Waals surface area contributed by atoms with E-state index in [-0.39, 0.29) is 11.5 Å². The summed E-state index contributed by atoms with van der Waals surface area (Å²) in [4.78, 5) is 0.922. The summed E-state index contributed by atoms with van der Waals surface area (Å²) in [6.07, 6.45) is 0.673. The van der Waals surface area contributed by atoms with Crippen LogP contribution in [0.1, 0.15) is 13.3 Å². The fourth-order valence-electron chi connectivity index (χ4n) is 1.32. The first-order chi connectivity index (χ1) is 7.94. The van der Waals surface area contributed by atoms with Crippen LogP contribution in [0.5, 0.6) is 0 Å². The van der Waals surface area contributed by atoms with E-state index in [0.29, 0.717) is 17.9 Å². The third-order valence-corrected chi connectivity index (χ3v) is 5.82. The Morgan fingerprint density at radius 3 is 2.71 bits per heavy atom. The average molecular weight is 338 g/mol. The first-order valence-corrected chi connectivity index (χ1v) is 8.93. The van der Waals surface area contributed by atoms with Gasteiger partial charge in [0.15, 0.2) is 9.84 Å². The van der Waals surface area contributed by atoms with Gasteiger partial charge in [-0.25, -0.2) is 8.42 Å². The summed E-state index contributed by atoms with van der Waals surface area (Å²) in [7, 11) is -2.90. The highest BCUT2D eigenvalue weighted by molar-refractivity contribution is 9.10. The lowest BCUT2D eigenvalue weighted by Gasteiger charge is -2.06. The molecule has 0 atom stereocenters. The summed E-state index contributed by atoms with van der Waals surface area (Å²) in [6, 6.07) is 5.59. The SMILES string of the molecule is CCCS(=O)(=O)CCSc1cc(Br)ccc1N. The molecule has 17 heavy (non-hydrogen) atoms. The Balaban J connectivity index is 2.54. The molecule has 96 valence electrons. The van der Waals surface area contributed by atoms with Crippen molar-refractivity contribution in [1.82, 2.24) is 0 Å². The predicted octanol–water partition coefficient (Wildman–Crippen LogP) is 2.95. The molecule has 1 aromatic rings. The van der Waals surface area contributed by atoms with Crippen molar-refractivity contribution >= 4 is 43.2 Å². The topological polar surface area (TPSA) is 60.2 Å². The molecule has 0 unspecified atom stereocenters. The van der Waals surface area contributed by atoms with Crippen LogP contribution in [0.2, 0.25) is 0 Å². The van der Waals surface area contributed by atoms with Gasteiger partial charge in [0.1, 0.15) is 0 Å². The molecular formula is C11H16BrNO2S2. The molecular weight excluding hydrogens is 322 g/mol. The van der Waals surface area contributed by atoms with Gasteiger partial charge in [0, 0.05) is 26.6 Å². The standard InChI is InChI=1S/C11H16BrNO2S2/c1-2-6-17(14,15)7-5-16-11-8-9(12)3-4-10(11)13/h3-4,8H,2,5-7,13H2,1H3. The summed E-state index contributed by atoms with van der Waals surface area (Å²) in [6.45, 7) is 1.87. The summed E-state index contributed by atoms with van der Waals surface area (Å²) < 4.78 is 24.0. The average Bonchev–Trinajstić information content (AvgIpc) is 2.23. The van der Waals surface area contributed by atoms with Crippen molar-refractivity contribution in [1.29, 1.82) is 0 Å². The molecule has 0 aromatic heterocycles. The Kier molecular flexibility index (Phi) is 5.82. The molecule has 0 saturated carbocycles. The Morgan fingerprint density at radius 2 is 2.06 bits per heavy atom. The number of nitrogen functional groups attached to an aromatic ring is 1. The van der Waals surface area contributed by atoms with E-state index in [1.54, 1.807) is 0 Å². The third-order valence-electron chi connectivity index (χ3n) is 2.14. The summed E-state index contributed by atoms with van der Waals surface area (Å²) in [5, 5.41) is 0. The van der Waals surface area contributed by atoms with Crippen LogP contribution in [0.4, 0.5) is 5.69 Å². The molecule has 0 heterocycles. The number of sulfone groups is 1. The van der Waals surface area contributed by atoms with Crippen molar-refractivity contribution in [3.63, 3.8) is 0 Å². The first-order valence-electron chi connectivity index (χ1n) is 5.33. The number of halogens is 1. The maximum atomic E-state index is 11.5. The van der Waals surface area contributed by atoms with Gasteiger partial charge in [-0.2, -0.15) is 0 Å². The lowest BCUT2D eigenvalue weighted by atomic mass is 10.3. The maximum Gasteiger partial charge on any atom is 0.151 e.